The third kappa shape index (κ3) is 3.35. The second-order valence-corrected chi connectivity index (χ2v) is 3.97. The molecule has 0 radical (unpaired) electrons. The van der Waals surface area contributed by atoms with Crippen LogP contribution >= 0.6 is 0 Å². The van der Waals surface area contributed by atoms with Crippen LogP contribution in [0, 0.1) is 13.8 Å². The van der Waals surface area contributed by atoms with Gasteiger partial charge in [0.2, 0.25) is 0 Å². The van der Waals surface area contributed by atoms with Crippen molar-refractivity contribution in [3.05, 3.63) is 34.9 Å². The van der Waals surface area contributed by atoms with Gasteiger partial charge in [0.25, 0.3) is 0 Å². The van der Waals surface area contributed by atoms with E-state index in [1.165, 1.54) is 5.56 Å². The first-order chi connectivity index (χ1) is 7.54. The Kier molecular flexibility index (Phi) is 4.50. The SMILES string of the molecule is COCC(C)OC(=O)c1ccc(C)c(C)c1. The topological polar surface area (TPSA) is 35.5 Å². The maximum absolute atomic E-state index is 11.7. The molecular weight excluding hydrogens is 204 g/mol. The van der Waals surface area contributed by atoms with Crippen molar-refractivity contribution < 1.29 is 14.3 Å². The monoisotopic (exact) mass is 222 g/mol. The lowest BCUT2D eigenvalue weighted by atomic mass is 10.1. The summed E-state index contributed by atoms with van der Waals surface area (Å²) >= 11 is 0. The van der Waals surface area contributed by atoms with Crippen LogP contribution < -0.4 is 0 Å². The van der Waals surface area contributed by atoms with E-state index in [0.29, 0.717) is 12.2 Å². The predicted molar refractivity (Wildman–Crippen MR) is 62.7 cm³/mol. The van der Waals surface area contributed by atoms with E-state index in [1.54, 1.807) is 13.2 Å². The minimum absolute atomic E-state index is 0.223. The molecule has 0 saturated heterocycles. The largest absolute Gasteiger partial charge is 0.457 e. The first-order valence-corrected chi connectivity index (χ1v) is 5.31. The molecule has 0 bridgehead atoms. The summed E-state index contributed by atoms with van der Waals surface area (Å²) in [5.41, 5.74) is 2.85. The summed E-state index contributed by atoms with van der Waals surface area (Å²) in [4.78, 5) is 11.7. The molecule has 1 unspecified atom stereocenters. The molecule has 0 aromatic heterocycles. The first-order valence-electron chi connectivity index (χ1n) is 5.31. The van der Waals surface area contributed by atoms with Gasteiger partial charge in [0.05, 0.1) is 12.2 Å². The maximum Gasteiger partial charge on any atom is 0.338 e. The molecule has 0 fully saturated rings. The van der Waals surface area contributed by atoms with Crippen molar-refractivity contribution in [2.75, 3.05) is 13.7 Å². The molecule has 16 heavy (non-hydrogen) atoms. The van der Waals surface area contributed by atoms with Crippen LogP contribution in [0.4, 0.5) is 0 Å². The minimum atomic E-state index is -0.298. The summed E-state index contributed by atoms with van der Waals surface area (Å²) < 4.78 is 10.1. The first kappa shape index (κ1) is 12.7. The van der Waals surface area contributed by atoms with Crippen LogP contribution in [0.3, 0.4) is 0 Å². The second-order valence-electron chi connectivity index (χ2n) is 3.97. The predicted octanol–water partition coefficient (Wildman–Crippen LogP) is 2.50. The zero-order chi connectivity index (χ0) is 12.1. The van der Waals surface area contributed by atoms with Gasteiger partial charge in [-0.05, 0) is 44.0 Å². The van der Waals surface area contributed by atoms with Gasteiger partial charge < -0.3 is 9.47 Å². The number of carbonyl (C=O) groups is 1. The van der Waals surface area contributed by atoms with Crippen molar-refractivity contribution in [1.29, 1.82) is 0 Å². The van der Waals surface area contributed by atoms with Crippen LogP contribution in [0.1, 0.15) is 28.4 Å². The van der Waals surface area contributed by atoms with E-state index in [2.05, 4.69) is 0 Å². The van der Waals surface area contributed by atoms with Crippen LogP contribution in [0.5, 0.6) is 0 Å². The summed E-state index contributed by atoms with van der Waals surface area (Å²) in [6, 6.07) is 5.55. The lowest BCUT2D eigenvalue weighted by molar-refractivity contribution is 0.0120. The number of ether oxygens (including phenoxy) is 2. The molecule has 0 amide bonds. The van der Waals surface area contributed by atoms with Crippen molar-refractivity contribution in [2.24, 2.45) is 0 Å². The van der Waals surface area contributed by atoms with Crippen LogP contribution in [0.2, 0.25) is 0 Å². The molecule has 3 heteroatoms. The molecule has 0 spiro atoms. The smallest absolute Gasteiger partial charge is 0.338 e. The highest BCUT2D eigenvalue weighted by Gasteiger charge is 2.12. The molecule has 0 N–H and O–H groups in total. The van der Waals surface area contributed by atoms with Gasteiger partial charge in [-0.2, -0.15) is 0 Å². The summed E-state index contributed by atoms with van der Waals surface area (Å²) in [6.45, 7) is 6.21. The number of carbonyl (C=O) groups excluding carboxylic acids is 1. The standard InChI is InChI=1S/C13H18O3/c1-9-5-6-12(7-10(9)2)13(14)16-11(3)8-15-4/h5-7,11H,8H2,1-4H3. The molecule has 0 saturated carbocycles. The molecule has 0 aliphatic rings. The lowest BCUT2D eigenvalue weighted by Gasteiger charge is -2.12. The Labute approximate surface area is 96.4 Å². The second kappa shape index (κ2) is 5.66. The van der Waals surface area contributed by atoms with Gasteiger partial charge in [0.1, 0.15) is 6.10 Å². The van der Waals surface area contributed by atoms with Crippen molar-refractivity contribution in [1.82, 2.24) is 0 Å². The highest BCUT2D eigenvalue weighted by atomic mass is 16.6. The van der Waals surface area contributed by atoms with Crippen molar-refractivity contribution >= 4 is 5.97 Å². The van der Waals surface area contributed by atoms with Gasteiger partial charge in [-0.15, -0.1) is 0 Å². The van der Waals surface area contributed by atoms with E-state index in [9.17, 15) is 4.79 Å². The van der Waals surface area contributed by atoms with Crippen LogP contribution in [-0.2, 0) is 9.47 Å². The summed E-state index contributed by atoms with van der Waals surface area (Å²) in [6.07, 6.45) is -0.223. The fourth-order valence-corrected chi connectivity index (χ4v) is 1.39. The van der Waals surface area contributed by atoms with E-state index in [4.69, 9.17) is 9.47 Å². The van der Waals surface area contributed by atoms with Crippen molar-refractivity contribution in [3.63, 3.8) is 0 Å². The van der Waals surface area contributed by atoms with Crippen LogP contribution in [-0.4, -0.2) is 25.8 Å². The highest BCUT2D eigenvalue weighted by molar-refractivity contribution is 5.89. The summed E-state index contributed by atoms with van der Waals surface area (Å²) in [7, 11) is 1.58. The molecule has 1 atom stereocenters. The zero-order valence-electron chi connectivity index (χ0n) is 10.2. The Morgan fingerprint density at radius 1 is 1.31 bits per heavy atom. The van der Waals surface area contributed by atoms with E-state index in [1.807, 2.05) is 32.9 Å². The van der Waals surface area contributed by atoms with E-state index in [0.717, 1.165) is 5.56 Å². The number of benzene rings is 1. The van der Waals surface area contributed by atoms with Gasteiger partial charge in [0.15, 0.2) is 0 Å². The molecule has 88 valence electrons. The maximum atomic E-state index is 11.7. The Morgan fingerprint density at radius 2 is 2.00 bits per heavy atom. The normalized spacial score (nSPS) is 12.2. The average Bonchev–Trinajstić information content (AvgIpc) is 2.22. The van der Waals surface area contributed by atoms with Gasteiger partial charge in [-0.1, -0.05) is 6.07 Å². The number of rotatable bonds is 4. The van der Waals surface area contributed by atoms with Crippen molar-refractivity contribution in [2.45, 2.75) is 26.9 Å². The third-order valence-electron chi connectivity index (χ3n) is 2.45. The molecule has 0 aliphatic heterocycles. The molecule has 1 rings (SSSR count). The Balaban J connectivity index is 2.69. The van der Waals surface area contributed by atoms with Crippen LogP contribution in [0.25, 0.3) is 0 Å². The average molecular weight is 222 g/mol. The summed E-state index contributed by atoms with van der Waals surface area (Å²) in [5.74, 6) is -0.298. The molecule has 1 aromatic rings. The van der Waals surface area contributed by atoms with E-state index < -0.39 is 0 Å². The number of esters is 1. The zero-order valence-corrected chi connectivity index (χ0v) is 10.2. The number of aryl methyl sites for hydroxylation is 2. The third-order valence-corrected chi connectivity index (χ3v) is 2.45. The number of hydrogen-bond acceptors (Lipinski definition) is 3. The van der Waals surface area contributed by atoms with Gasteiger partial charge >= 0.3 is 5.97 Å². The molecule has 0 heterocycles. The van der Waals surface area contributed by atoms with Gasteiger partial charge in [0, 0.05) is 7.11 Å². The molecular formula is C13H18O3. The van der Waals surface area contributed by atoms with Gasteiger partial charge in [-0.25, -0.2) is 4.79 Å². The Morgan fingerprint density at radius 3 is 2.56 bits per heavy atom. The molecule has 3 nitrogen and oxygen atoms in total. The van der Waals surface area contributed by atoms with Gasteiger partial charge in [-0.3, -0.25) is 0 Å². The molecule has 0 aliphatic carbocycles. The quantitative estimate of drug-likeness (QED) is 0.734. The fourth-order valence-electron chi connectivity index (χ4n) is 1.39. The van der Waals surface area contributed by atoms with Crippen molar-refractivity contribution in [3.8, 4) is 0 Å². The molecule has 1 aromatic carbocycles. The summed E-state index contributed by atoms with van der Waals surface area (Å²) in [5, 5.41) is 0. The lowest BCUT2D eigenvalue weighted by Crippen LogP contribution is -2.19. The number of hydrogen-bond donors (Lipinski definition) is 0. The Bertz CT molecular complexity index is 371. The van der Waals surface area contributed by atoms with E-state index >= 15 is 0 Å². The number of methoxy groups -OCH3 is 1. The minimum Gasteiger partial charge on any atom is -0.457 e. The fraction of sp³-hybridized carbons (Fsp3) is 0.462. The highest BCUT2D eigenvalue weighted by Crippen LogP contribution is 2.11. The van der Waals surface area contributed by atoms with Crippen LogP contribution in [0.15, 0.2) is 18.2 Å². The van der Waals surface area contributed by atoms with E-state index in [-0.39, 0.29) is 12.1 Å². The Hall–Kier alpha value is -1.35.